The molecule has 37 heavy (non-hydrogen) atoms. The minimum absolute atomic E-state index is 0.0618. The number of hydrogen-bond acceptors (Lipinski definition) is 4. The molecule has 1 aliphatic heterocycles. The summed E-state index contributed by atoms with van der Waals surface area (Å²) in [5.41, 5.74) is 6.31. The number of ether oxygens (including phenoxy) is 3. The third-order valence-electron chi connectivity index (χ3n) is 5.92. The van der Waals surface area contributed by atoms with Gasteiger partial charge in [0.15, 0.2) is 0 Å². The summed E-state index contributed by atoms with van der Waals surface area (Å²) >= 11 is 0. The van der Waals surface area contributed by atoms with Gasteiger partial charge in [-0.3, -0.25) is 4.90 Å². The SMILES string of the molecule is COc1ccc(OC[C@H](C)C2=C[C@@H](C#C[Si](C)(C)C)N(C(=O)Oc3ccccc3)c3ccccc32)cc1. The van der Waals surface area contributed by atoms with Gasteiger partial charge in [-0.2, -0.15) is 0 Å². The smallest absolute Gasteiger partial charge is 0.421 e. The van der Waals surface area contributed by atoms with Crippen molar-refractivity contribution < 1.29 is 19.0 Å². The summed E-state index contributed by atoms with van der Waals surface area (Å²) in [4.78, 5) is 15.2. The highest BCUT2D eigenvalue weighted by Crippen LogP contribution is 2.38. The van der Waals surface area contributed by atoms with E-state index in [1.165, 1.54) is 0 Å². The molecule has 0 radical (unpaired) electrons. The monoisotopic (exact) mass is 511 g/mol. The third-order valence-corrected chi connectivity index (χ3v) is 6.81. The van der Waals surface area contributed by atoms with Gasteiger partial charge in [-0.25, -0.2) is 4.79 Å². The second kappa shape index (κ2) is 11.4. The zero-order valence-electron chi connectivity index (χ0n) is 22.0. The summed E-state index contributed by atoms with van der Waals surface area (Å²) < 4.78 is 17.1. The fourth-order valence-electron chi connectivity index (χ4n) is 4.07. The Morgan fingerprint density at radius 2 is 1.57 bits per heavy atom. The highest BCUT2D eigenvalue weighted by atomic mass is 28.3. The Hall–Kier alpha value is -3.95. The molecule has 4 rings (SSSR count). The first-order valence-electron chi connectivity index (χ1n) is 12.4. The van der Waals surface area contributed by atoms with Crippen LogP contribution < -0.4 is 19.1 Å². The number of fused-ring (bicyclic) bond motifs is 1. The van der Waals surface area contributed by atoms with Crippen LogP contribution in [-0.2, 0) is 0 Å². The van der Waals surface area contributed by atoms with Crippen molar-refractivity contribution in [2.45, 2.75) is 32.6 Å². The summed E-state index contributed by atoms with van der Waals surface area (Å²) in [6.45, 7) is 9.19. The zero-order chi connectivity index (χ0) is 26.4. The highest BCUT2D eigenvalue weighted by Gasteiger charge is 2.33. The summed E-state index contributed by atoms with van der Waals surface area (Å²) in [5.74, 6) is 5.52. The molecule has 6 heteroatoms. The molecule has 1 amide bonds. The molecule has 0 fully saturated rings. The maximum atomic E-state index is 13.5. The van der Waals surface area contributed by atoms with Gasteiger partial charge in [0, 0.05) is 11.5 Å². The van der Waals surface area contributed by atoms with Gasteiger partial charge in [0.05, 0.1) is 19.4 Å². The molecule has 190 valence electrons. The average Bonchev–Trinajstić information content (AvgIpc) is 2.90. The van der Waals surface area contributed by atoms with Gasteiger partial charge in [-0.05, 0) is 54.1 Å². The topological polar surface area (TPSA) is 48.0 Å². The van der Waals surface area contributed by atoms with Crippen molar-refractivity contribution in [3.8, 4) is 28.7 Å². The van der Waals surface area contributed by atoms with Crippen LogP contribution in [0.15, 0.2) is 84.9 Å². The first-order valence-corrected chi connectivity index (χ1v) is 15.9. The maximum absolute atomic E-state index is 13.5. The minimum atomic E-state index is -1.69. The van der Waals surface area contributed by atoms with E-state index in [9.17, 15) is 4.79 Å². The molecule has 0 aliphatic carbocycles. The van der Waals surface area contributed by atoms with Crippen LogP contribution in [0.3, 0.4) is 0 Å². The van der Waals surface area contributed by atoms with E-state index in [-0.39, 0.29) is 5.92 Å². The largest absolute Gasteiger partial charge is 0.497 e. The van der Waals surface area contributed by atoms with Gasteiger partial charge >= 0.3 is 6.09 Å². The van der Waals surface area contributed by atoms with Crippen LogP contribution in [0.4, 0.5) is 10.5 Å². The number of methoxy groups -OCH3 is 1. The summed E-state index contributed by atoms with van der Waals surface area (Å²) in [6.07, 6.45) is 1.63. The van der Waals surface area contributed by atoms with Crippen molar-refractivity contribution in [2.24, 2.45) is 5.92 Å². The molecule has 0 saturated carbocycles. The molecule has 1 heterocycles. The van der Waals surface area contributed by atoms with E-state index in [0.29, 0.717) is 12.4 Å². The van der Waals surface area contributed by atoms with Crippen molar-refractivity contribution in [2.75, 3.05) is 18.6 Å². The van der Waals surface area contributed by atoms with Crippen molar-refractivity contribution in [1.82, 2.24) is 0 Å². The van der Waals surface area contributed by atoms with Crippen molar-refractivity contribution in [1.29, 1.82) is 0 Å². The number of amides is 1. The van der Waals surface area contributed by atoms with E-state index in [1.807, 2.05) is 66.7 Å². The first kappa shape index (κ1) is 26.1. The summed E-state index contributed by atoms with van der Waals surface area (Å²) in [6, 6.07) is 24.2. The Morgan fingerprint density at radius 3 is 2.24 bits per heavy atom. The number of carbonyl (C=O) groups is 1. The molecule has 0 N–H and O–H groups in total. The van der Waals surface area contributed by atoms with E-state index < -0.39 is 20.2 Å². The Morgan fingerprint density at radius 1 is 0.919 bits per heavy atom. The predicted octanol–water partition coefficient (Wildman–Crippen LogP) is 7.06. The lowest BCUT2D eigenvalue weighted by Crippen LogP contribution is -2.43. The van der Waals surface area contributed by atoms with Crippen molar-refractivity contribution in [3.05, 3.63) is 90.5 Å². The van der Waals surface area contributed by atoms with Crippen LogP contribution in [0.5, 0.6) is 17.2 Å². The molecule has 0 saturated heterocycles. The highest BCUT2D eigenvalue weighted by molar-refractivity contribution is 6.83. The quantitative estimate of drug-likeness (QED) is 0.262. The number of rotatable bonds is 6. The standard InChI is InChI=1S/C31H33NO4Si/c1-23(22-35-26-17-15-25(34-2)16-18-26)29-21-24(19-20-37(3,4)5)32(30-14-10-9-13-28(29)30)31(33)36-27-11-7-6-8-12-27/h6-18,21,23-24H,22H2,1-5H3/t23-,24+/m0/s1. The van der Waals surface area contributed by atoms with Crippen LogP contribution in [0.25, 0.3) is 5.57 Å². The van der Waals surface area contributed by atoms with Gasteiger partial charge in [0.2, 0.25) is 0 Å². The molecular formula is C31H33NO4Si. The van der Waals surface area contributed by atoms with Crippen LogP contribution in [0, 0.1) is 17.4 Å². The molecular weight excluding hydrogens is 478 g/mol. The lowest BCUT2D eigenvalue weighted by Gasteiger charge is -2.34. The number of benzene rings is 3. The summed E-state index contributed by atoms with van der Waals surface area (Å²) in [7, 11) is -0.0476. The number of carbonyl (C=O) groups excluding carboxylic acids is 1. The Labute approximate surface area is 220 Å². The molecule has 0 aromatic heterocycles. The van der Waals surface area contributed by atoms with Gasteiger partial charge in [-0.1, -0.05) is 68.9 Å². The Kier molecular flexibility index (Phi) is 8.05. The molecule has 5 nitrogen and oxygen atoms in total. The lowest BCUT2D eigenvalue weighted by molar-refractivity contribution is 0.207. The average molecular weight is 512 g/mol. The number of nitrogens with zero attached hydrogens (tertiary/aromatic N) is 1. The van der Waals surface area contributed by atoms with E-state index in [2.05, 4.69) is 44.1 Å². The van der Waals surface area contributed by atoms with Gasteiger partial charge in [-0.15, -0.1) is 5.54 Å². The van der Waals surface area contributed by atoms with Crippen molar-refractivity contribution >= 4 is 25.4 Å². The number of para-hydroxylation sites is 2. The van der Waals surface area contributed by atoms with Crippen LogP contribution in [0.2, 0.25) is 19.6 Å². The molecule has 0 spiro atoms. The fourth-order valence-corrected chi connectivity index (χ4v) is 4.65. The zero-order valence-corrected chi connectivity index (χ0v) is 23.0. The lowest BCUT2D eigenvalue weighted by atomic mass is 9.88. The van der Waals surface area contributed by atoms with Crippen molar-refractivity contribution in [3.63, 3.8) is 0 Å². The molecule has 1 aliphatic rings. The van der Waals surface area contributed by atoms with E-state index in [0.717, 1.165) is 28.3 Å². The van der Waals surface area contributed by atoms with E-state index >= 15 is 0 Å². The number of anilines is 1. The van der Waals surface area contributed by atoms with Crippen LogP contribution in [0.1, 0.15) is 12.5 Å². The Balaban J connectivity index is 1.66. The molecule has 0 unspecified atom stereocenters. The Bertz CT molecular complexity index is 1320. The van der Waals surface area contributed by atoms with Gasteiger partial charge in [0.1, 0.15) is 31.4 Å². The normalized spacial score (nSPS) is 15.4. The second-order valence-corrected chi connectivity index (χ2v) is 14.8. The van der Waals surface area contributed by atoms with Gasteiger partial charge in [0.25, 0.3) is 0 Å². The molecule has 0 bridgehead atoms. The minimum Gasteiger partial charge on any atom is -0.497 e. The maximum Gasteiger partial charge on any atom is 0.421 e. The molecule has 2 atom stereocenters. The second-order valence-electron chi connectivity index (χ2n) is 10.0. The van der Waals surface area contributed by atoms with E-state index in [4.69, 9.17) is 14.2 Å². The first-order chi connectivity index (χ1) is 17.7. The van der Waals surface area contributed by atoms with Gasteiger partial charge < -0.3 is 14.2 Å². The predicted molar refractivity (Wildman–Crippen MR) is 152 cm³/mol. The van der Waals surface area contributed by atoms with Crippen LogP contribution >= 0.6 is 0 Å². The van der Waals surface area contributed by atoms with Crippen LogP contribution in [-0.4, -0.2) is 33.9 Å². The third kappa shape index (κ3) is 6.63. The molecule has 3 aromatic rings. The fraction of sp³-hybridized carbons (Fsp3) is 0.258. The van der Waals surface area contributed by atoms with E-state index in [1.54, 1.807) is 24.1 Å². The summed E-state index contributed by atoms with van der Waals surface area (Å²) in [5, 5.41) is 0. The number of hydrogen-bond donors (Lipinski definition) is 0. The molecule has 3 aromatic carbocycles.